The molecule has 3 rings (SSSR count). The predicted molar refractivity (Wildman–Crippen MR) is 102 cm³/mol. The summed E-state index contributed by atoms with van der Waals surface area (Å²) in [6.45, 7) is 0.714. The maximum absolute atomic E-state index is 12.9. The number of nitrogens with one attached hydrogen (secondary N) is 1. The van der Waals surface area contributed by atoms with E-state index >= 15 is 0 Å². The number of methoxy groups -OCH3 is 1. The van der Waals surface area contributed by atoms with Crippen molar-refractivity contribution in [1.29, 1.82) is 0 Å². The van der Waals surface area contributed by atoms with Crippen LogP contribution in [0.1, 0.15) is 17.4 Å². The van der Waals surface area contributed by atoms with Crippen molar-refractivity contribution in [3.8, 4) is 0 Å². The topological polar surface area (TPSA) is 144 Å². The molecule has 0 saturated carbocycles. The number of aldehydes is 1. The molecular weight excluding hydrogens is 418 g/mol. The molecular formula is C18H19N3O8S. The summed E-state index contributed by atoms with van der Waals surface area (Å²) in [4.78, 5) is 60.3. The molecule has 0 aliphatic carbocycles. The van der Waals surface area contributed by atoms with Crippen molar-refractivity contribution in [2.45, 2.75) is 24.6 Å². The highest BCUT2D eigenvalue weighted by Crippen LogP contribution is 2.46. The van der Waals surface area contributed by atoms with E-state index in [0.29, 0.717) is 6.29 Å². The molecule has 3 heterocycles. The Hall–Kier alpha value is -3.12. The largest absolute Gasteiger partial charge is 0.477 e. The van der Waals surface area contributed by atoms with Gasteiger partial charge in [0.05, 0.1) is 5.69 Å². The molecule has 2 N–H and O–H groups in total. The molecule has 160 valence electrons. The average Bonchev–Trinajstić information content (AvgIpc) is 3.16. The Kier molecular flexibility index (Phi) is 5.99. The van der Waals surface area contributed by atoms with Gasteiger partial charge in [0.2, 0.25) is 5.91 Å². The molecule has 12 heteroatoms. The molecule has 1 fully saturated rings. The molecule has 30 heavy (non-hydrogen) atoms. The van der Waals surface area contributed by atoms with E-state index in [1.54, 1.807) is 12.3 Å². The van der Waals surface area contributed by atoms with Crippen LogP contribution in [0.4, 0.5) is 0 Å². The van der Waals surface area contributed by atoms with Gasteiger partial charge in [0.15, 0.2) is 6.29 Å². The minimum atomic E-state index is -1.75. The first-order valence-electron chi connectivity index (χ1n) is 8.75. The molecule has 11 nitrogen and oxygen atoms in total. The van der Waals surface area contributed by atoms with Crippen molar-refractivity contribution >= 4 is 41.8 Å². The number of β-lactam (4-membered cyclic amide) rings is 1. The molecule has 0 radical (unpaired) electrons. The monoisotopic (exact) mass is 437 g/mol. The van der Waals surface area contributed by atoms with Crippen molar-refractivity contribution in [2.75, 3.05) is 19.5 Å². The van der Waals surface area contributed by atoms with Gasteiger partial charge in [0, 0.05) is 31.6 Å². The van der Waals surface area contributed by atoms with Crippen molar-refractivity contribution in [1.82, 2.24) is 14.8 Å². The first kappa shape index (κ1) is 21.6. The second-order valence-corrected chi connectivity index (χ2v) is 7.61. The molecule has 2 amide bonds. The number of amides is 2. The minimum Gasteiger partial charge on any atom is -0.477 e. The number of aromatic nitrogens is 1. The molecule has 1 saturated heterocycles. The van der Waals surface area contributed by atoms with Crippen LogP contribution in [0.25, 0.3) is 0 Å². The molecule has 0 bridgehead atoms. The Morgan fingerprint density at radius 3 is 2.77 bits per heavy atom. The van der Waals surface area contributed by atoms with E-state index in [4.69, 9.17) is 9.47 Å². The maximum Gasteiger partial charge on any atom is 0.352 e. The highest BCUT2D eigenvalue weighted by Gasteiger charge is 2.66. The van der Waals surface area contributed by atoms with Gasteiger partial charge in [-0.3, -0.25) is 24.1 Å². The number of carboxylic acid groups (broad SMARTS) is 1. The highest BCUT2D eigenvalue weighted by molar-refractivity contribution is 8.00. The zero-order valence-electron chi connectivity index (χ0n) is 16.1. The number of hydrogen-bond acceptors (Lipinski definition) is 8. The average molecular weight is 437 g/mol. The standard InChI is InChI=1S/C18H19N3O8S/c1-10(23)29-8-11-9-30-17-18(28-2,16(27)21(17)14(11)15(25)26)19-13(24)6-20-5-3-4-12(20)7-22/h3-5,7,17H,6,8-9H2,1-2H3,(H,19,24)(H,25,26). The second kappa shape index (κ2) is 8.32. The van der Waals surface area contributed by atoms with Gasteiger partial charge in [-0.25, -0.2) is 4.79 Å². The summed E-state index contributed by atoms with van der Waals surface area (Å²) < 4.78 is 11.6. The Bertz CT molecular complexity index is 955. The number of esters is 1. The summed E-state index contributed by atoms with van der Waals surface area (Å²) in [5.74, 6) is -3.10. The number of carbonyl (C=O) groups excluding carboxylic acids is 4. The third-order valence-electron chi connectivity index (χ3n) is 4.71. The number of aliphatic carboxylic acids is 1. The van der Waals surface area contributed by atoms with Gasteiger partial charge in [-0.2, -0.15) is 0 Å². The van der Waals surface area contributed by atoms with Crippen molar-refractivity contribution in [3.63, 3.8) is 0 Å². The number of ether oxygens (including phenoxy) is 2. The van der Waals surface area contributed by atoms with Crippen LogP contribution < -0.4 is 5.32 Å². The van der Waals surface area contributed by atoms with E-state index in [1.807, 2.05) is 0 Å². The summed E-state index contributed by atoms with van der Waals surface area (Å²) >= 11 is 1.18. The van der Waals surface area contributed by atoms with Crippen molar-refractivity contribution in [2.24, 2.45) is 0 Å². The lowest BCUT2D eigenvalue weighted by atomic mass is 9.98. The Labute approximate surface area is 175 Å². The van der Waals surface area contributed by atoms with Gasteiger partial charge in [-0.1, -0.05) is 0 Å². The SMILES string of the molecule is COC1(NC(=O)Cn2cccc2C=O)C(=O)N2C(C(=O)O)=C(COC(C)=O)CSC21. The van der Waals surface area contributed by atoms with Gasteiger partial charge in [0.1, 0.15) is 24.2 Å². The number of hydrogen-bond donors (Lipinski definition) is 2. The molecule has 0 aromatic carbocycles. The Balaban J connectivity index is 1.81. The summed E-state index contributed by atoms with van der Waals surface area (Å²) in [6, 6.07) is 3.14. The van der Waals surface area contributed by atoms with Crippen LogP contribution in [-0.4, -0.2) is 75.2 Å². The number of carboxylic acids is 1. The first-order valence-corrected chi connectivity index (χ1v) is 9.80. The third-order valence-corrected chi connectivity index (χ3v) is 6.08. The summed E-state index contributed by atoms with van der Waals surface area (Å²) in [5, 5.41) is 11.3. The normalized spacial score (nSPS) is 22.8. The van der Waals surface area contributed by atoms with E-state index in [2.05, 4.69) is 5.32 Å². The van der Waals surface area contributed by atoms with Crippen molar-refractivity contribution < 1.29 is 38.6 Å². The first-order chi connectivity index (χ1) is 14.2. The quantitative estimate of drug-likeness (QED) is 0.240. The maximum atomic E-state index is 12.9. The summed E-state index contributed by atoms with van der Waals surface area (Å²) in [7, 11) is 1.24. The number of thioether (sulfide) groups is 1. The lowest BCUT2D eigenvalue weighted by Gasteiger charge is -2.55. The smallest absolute Gasteiger partial charge is 0.352 e. The van der Waals surface area contributed by atoms with Crippen molar-refractivity contribution in [3.05, 3.63) is 35.3 Å². The molecule has 2 unspecified atom stereocenters. The van der Waals surface area contributed by atoms with Crippen LogP contribution in [0.15, 0.2) is 29.6 Å². The zero-order valence-corrected chi connectivity index (χ0v) is 16.9. The number of carbonyl (C=O) groups is 5. The van der Waals surface area contributed by atoms with E-state index in [1.165, 1.54) is 36.4 Å². The number of nitrogens with zero attached hydrogens (tertiary/aromatic N) is 2. The number of rotatable bonds is 8. The fourth-order valence-electron chi connectivity index (χ4n) is 3.32. The summed E-state index contributed by atoms with van der Waals surface area (Å²) in [5.41, 5.74) is -1.48. The fraction of sp³-hybridized carbons (Fsp3) is 0.389. The molecule has 2 aliphatic heterocycles. The van der Waals surface area contributed by atoms with Gasteiger partial charge >= 0.3 is 11.9 Å². The van der Waals surface area contributed by atoms with Gasteiger partial charge in [0.25, 0.3) is 11.6 Å². The van der Waals surface area contributed by atoms with E-state index in [0.717, 1.165) is 4.90 Å². The molecule has 2 atom stereocenters. The van der Waals surface area contributed by atoms with Crippen LogP contribution in [-0.2, 0) is 35.2 Å². The van der Waals surface area contributed by atoms with E-state index in [-0.39, 0.29) is 35.9 Å². The Morgan fingerprint density at radius 2 is 2.17 bits per heavy atom. The molecule has 1 aromatic heterocycles. The van der Waals surface area contributed by atoms with Gasteiger partial charge in [-0.05, 0) is 12.1 Å². The zero-order chi connectivity index (χ0) is 22.1. The Morgan fingerprint density at radius 1 is 1.43 bits per heavy atom. The van der Waals surface area contributed by atoms with E-state index < -0.39 is 34.9 Å². The third kappa shape index (κ3) is 3.59. The van der Waals surface area contributed by atoms with Crippen LogP contribution in [0.5, 0.6) is 0 Å². The van der Waals surface area contributed by atoms with Crippen LogP contribution in [0.2, 0.25) is 0 Å². The van der Waals surface area contributed by atoms with Crippen LogP contribution in [0.3, 0.4) is 0 Å². The summed E-state index contributed by atoms with van der Waals surface area (Å²) in [6.07, 6.45) is 2.14. The van der Waals surface area contributed by atoms with Gasteiger partial charge < -0.3 is 24.5 Å². The lowest BCUT2D eigenvalue weighted by molar-refractivity contribution is -0.192. The molecule has 1 aromatic rings. The van der Waals surface area contributed by atoms with Gasteiger partial charge in [-0.15, -0.1) is 11.8 Å². The number of fused-ring (bicyclic) bond motifs is 1. The molecule has 0 spiro atoms. The second-order valence-electron chi connectivity index (χ2n) is 6.54. The minimum absolute atomic E-state index is 0.164. The lowest BCUT2D eigenvalue weighted by Crippen LogP contribution is -2.80. The fourth-order valence-corrected chi connectivity index (χ4v) is 4.74. The predicted octanol–water partition coefficient (Wildman–Crippen LogP) is -0.424. The van der Waals surface area contributed by atoms with E-state index in [9.17, 15) is 29.1 Å². The van der Waals surface area contributed by atoms with Crippen LogP contribution >= 0.6 is 11.8 Å². The van der Waals surface area contributed by atoms with Crippen LogP contribution in [0, 0.1) is 0 Å². The highest BCUT2D eigenvalue weighted by atomic mass is 32.2. The molecule has 2 aliphatic rings.